The highest BCUT2D eigenvalue weighted by atomic mass is 16.5. The zero-order valence-electron chi connectivity index (χ0n) is 15.1. The molecule has 128 valence electrons. The summed E-state index contributed by atoms with van der Waals surface area (Å²) < 4.78 is 11.4. The molecule has 0 aromatic heterocycles. The summed E-state index contributed by atoms with van der Waals surface area (Å²) in [5, 5.41) is 0. The lowest BCUT2D eigenvalue weighted by Gasteiger charge is -2.29. The first-order valence-corrected chi connectivity index (χ1v) is 7.87. The quantitative estimate of drug-likeness (QED) is 0.637. The summed E-state index contributed by atoms with van der Waals surface area (Å²) in [6, 6.07) is 0.0675. The number of nitrogens with two attached hydrogens (primary N) is 2. The Balaban J connectivity index is 3.92. The van der Waals surface area contributed by atoms with E-state index < -0.39 is 0 Å². The average Bonchev–Trinajstić information content (AvgIpc) is 2.34. The predicted molar refractivity (Wildman–Crippen MR) is 88.9 cm³/mol. The van der Waals surface area contributed by atoms with Crippen molar-refractivity contribution in [3.8, 4) is 0 Å². The van der Waals surface area contributed by atoms with Gasteiger partial charge in [-0.15, -0.1) is 0 Å². The van der Waals surface area contributed by atoms with Gasteiger partial charge in [-0.3, -0.25) is 4.90 Å². The standard InChI is InChI=1S/C16H37N3O2/c1-8-19(11-20-9-13(17)15(2,3)4)12-21-10-14(18)16(5,6)7/h13-14H,8-12,17-18H2,1-7H3/t13-,14?/m1/s1. The van der Waals surface area contributed by atoms with Gasteiger partial charge < -0.3 is 20.9 Å². The molecular formula is C16H37N3O2. The molecule has 0 bridgehead atoms. The Morgan fingerprint density at radius 1 is 0.810 bits per heavy atom. The van der Waals surface area contributed by atoms with Crippen molar-refractivity contribution < 1.29 is 9.47 Å². The minimum atomic E-state index is 0.0337. The van der Waals surface area contributed by atoms with Crippen LogP contribution in [0.5, 0.6) is 0 Å². The largest absolute Gasteiger partial charge is 0.364 e. The van der Waals surface area contributed by atoms with E-state index in [1.54, 1.807) is 0 Å². The maximum Gasteiger partial charge on any atom is 0.101 e. The normalized spacial score (nSPS) is 16.3. The summed E-state index contributed by atoms with van der Waals surface area (Å²) in [7, 11) is 0. The highest BCUT2D eigenvalue weighted by molar-refractivity contribution is 4.77. The molecule has 0 spiro atoms. The molecule has 5 heteroatoms. The second-order valence-corrected chi connectivity index (χ2v) is 7.93. The van der Waals surface area contributed by atoms with Gasteiger partial charge in [0.15, 0.2) is 0 Å². The molecule has 0 aromatic carbocycles. The van der Waals surface area contributed by atoms with Crippen molar-refractivity contribution in [2.24, 2.45) is 22.3 Å². The van der Waals surface area contributed by atoms with E-state index in [0.29, 0.717) is 26.7 Å². The molecule has 2 atom stereocenters. The van der Waals surface area contributed by atoms with Gasteiger partial charge in [0, 0.05) is 12.1 Å². The van der Waals surface area contributed by atoms with Crippen LogP contribution >= 0.6 is 0 Å². The third-order valence-electron chi connectivity index (χ3n) is 3.81. The van der Waals surface area contributed by atoms with Crippen molar-refractivity contribution in [1.29, 1.82) is 0 Å². The zero-order chi connectivity index (χ0) is 16.7. The van der Waals surface area contributed by atoms with Gasteiger partial charge in [0.05, 0.1) is 13.2 Å². The molecule has 0 saturated carbocycles. The summed E-state index contributed by atoms with van der Waals surface area (Å²) in [4.78, 5) is 2.09. The Morgan fingerprint density at radius 3 is 1.38 bits per heavy atom. The molecule has 0 heterocycles. The summed E-state index contributed by atoms with van der Waals surface area (Å²) in [5.74, 6) is 0. The second-order valence-electron chi connectivity index (χ2n) is 7.93. The molecule has 5 nitrogen and oxygen atoms in total. The highest BCUT2D eigenvalue weighted by Crippen LogP contribution is 2.18. The van der Waals surface area contributed by atoms with E-state index >= 15 is 0 Å². The molecule has 0 aliphatic rings. The first kappa shape index (κ1) is 20.8. The Morgan fingerprint density at radius 2 is 1.14 bits per heavy atom. The van der Waals surface area contributed by atoms with E-state index in [2.05, 4.69) is 53.4 Å². The highest BCUT2D eigenvalue weighted by Gasteiger charge is 2.22. The summed E-state index contributed by atoms with van der Waals surface area (Å²) in [6.45, 7) is 17.9. The SMILES string of the molecule is CCN(COCC(N)C(C)(C)C)COC[C@@H](N)C(C)(C)C. The number of hydrogen-bond acceptors (Lipinski definition) is 5. The van der Waals surface area contributed by atoms with Crippen LogP contribution in [0.3, 0.4) is 0 Å². The van der Waals surface area contributed by atoms with Crippen LogP contribution in [0.1, 0.15) is 48.5 Å². The van der Waals surface area contributed by atoms with Crippen molar-refractivity contribution in [3.63, 3.8) is 0 Å². The van der Waals surface area contributed by atoms with Crippen molar-refractivity contribution in [3.05, 3.63) is 0 Å². The van der Waals surface area contributed by atoms with Gasteiger partial charge >= 0.3 is 0 Å². The van der Waals surface area contributed by atoms with E-state index in [-0.39, 0.29) is 22.9 Å². The Hall–Kier alpha value is -0.200. The van der Waals surface area contributed by atoms with E-state index in [1.807, 2.05) is 0 Å². The molecule has 0 rings (SSSR count). The molecule has 21 heavy (non-hydrogen) atoms. The van der Waals surface area contributed by atoms with Gasteiger partial charge in [0.2, 0.25) is 0 Å². The third kappa shape index (κ3) is 9.42. The first-order chi connectivity index (χ1) is 9.48. The number of rotatable bonds is 9. The Labute approximate surface area is 131 Å². The molecule has 0 radical (unpaired) electrons. The van der Waals surface area contributed by atoms with Crippen LogP contribution in [0.25, 0.3) is 0 Å². The third-order valence-corrected chi connectivity index (χ3v) is 3.81. The minimum Gasteiger partial charge on any atom is -0.364 e. The van der Waals surface area contributed by atoms with Gasteiger partial charge in [0.1, 0.15) is 13.5 Å². The summed E-state index contributed by atoms with van der Waals surface area (Å²) in [5.41, 5.74) is 12.3. The summed E-state index contributed by atoms with van der Waals surface area (Å²) in [6.07, 6.45) is 0. The topological polar surface area (TPSA) is 73.7 Å². The fraction of sp³-hybridized carbons (Fsp3) is 1.00. The van der Waals surface area contributed by atoms with Crippen LogP contribution in [0.15, 0.2) is 0 Å². The van der Waals surface area contributed by atoms with Crippen LogP contribution in [0.4, 0.5) is 0 Å². The number of ether oxygens (including phenoxy) is 2. The zero-order valence-corrected chi connectivity index (χ0v) is 15.1. The van der Waals surface area contributed by atoms with Gasteiger partial charge in [-0.05, 0) is 17.4 Å². The lowest BCUT2D eigenvalue weighted by Crippen LogP contribution is -2.42. The Bertz CT molecular complexity index is 246. The first-order valence-electron chi connectivity index (χ1n) is 7.87. The summed E-state index contributed by atoms with van der Waals surface area (Å²) >= 11 is 0. The minimum absolute atomic E-state index is 0.0337. The monoisotopic (exact) mass is 303 g/mol. The Kier molecular flexibility index (Phi) is 8.97. The number of nitrogens with zero attached hydrogens (tertiary/aromatic N) is 1. The lowest BCUT2D eigenvalue weighted by atomic mass is 9.88. The average molecular weight is 303 g/mol. The van der Waals surface area contributed by atoms with Crippen LogP contribution in [0, 0.1) is 10.8 Å². The van der Waals surface area contributed by atoms with Crippen LogP contribution in [-0.4, -0.2) is 50.2 Å². The molecule has 0 aliphatic carbocycles. The van der Waals surface area contributed by atoms with Crippen LogP contribution in [-0.2, 0) is 9.47 Å². The molecule has 1 unspecified atom stereocenters. The van der Waals surface area contributed by atoms with Crippen LogP contribution in [0.2, 0.25) is 0 Å². The van der Waals surface area contributed by atoms with Gasteiger partial charge in [-0.2, -0.15) is 0 Å². The maximum atomic E-state index is 6.07. The number of hydrogen-bond donors (Lipinski definition) is 2. The smallest absolute Gasteiger partial charge is 0.101 e. The maximum absolute atomic E-state index is 6.07. The predicted octanol–water partition coefficient (Wildman–Crippen LogP) is 2.00. The lowest BCUT2D eigenvalue weighted by molar-refractivity contribution is -0.0560. The van der Waals surface area contributed by atoms with Crippen molar-refractivity contribution in [2.45, 2.75) is 60.5 Å². The van der Waals surface area contributed by atoms with Gasteiger partial charge in [0.25, 0.3) is 0 Å². The molecule has 4 N–H and O–H groups in total. The van der Waals surface area contributed by atoms with E-state index in [1.165, 1.54) is 0 Å². The second kappa shape index (κ2) is 9.06. The van der Waals surface area contributed by atoms with Crippen LogP contribution < -0.4 is 11.5 Å². The molecular weight excluding hydrogens is 266 g/mol. The van der Waals surface area contributed by atoms with E-state index in [0.717, 1.165) is 6.54 Å². The molecule has 0 aliphatic heterocycles. The molecule has 0 amide bonds. The van der Waals surface area contributed by atoms with Crippen molar-refractivity contribution in [2.75, 3.05) is 33.2 Å². The van der Waals surface area contributed by atoms with E-state index in [4.69, 9.17) is 20.9 Å². The van der Waals surface area contributed by atoms with Crippen molar-refractivity contribution >= 4 is 0 Å². The molecule has 0 fully saturated rings. The fourth-order valence-corrected chi connectivity index (χ4v) is 1.34. The fourth-order valence-electron chi connectivity index (χ4n) is 1.34. The van der Waals surface area contributed by atoms with Crippen molar-refractivity contribution in [1.82, 2.24) is 4.90 Å². The molecule has 0 aromatic rings. The molecule has 0 saturated heterocycles. The van der Waals surface area contributed by atoms with Gasteiger partial charge in [-0.25, -0.2) is 0 Å². The van der Waals surface area contributed by atoms with Gasteiger partial charge in [-0.1, -0.05) is 48.5 Å². The van der Waals surface area contributed by atoms with E-state index in [9.17, 15) is 0 Å².